The average Bonchev–Trinajstić information content (AvgIpc) is 2.77. The molecule has 3 heteroatoms. The number of ether oxygens (including phenoxy) is 1. The van der Waals surface area contributed by atoms with Crippen LogP contribution in [0.2, 0.25) is 0 Å². The first-order valence-electron chi connectivity index (χ1n) is 8.42. The summed E-state index contributed by atoms with van der Waals surface area (Å²) >= 11 is 0. The SMILES string of the molecule is COc1ccc2c(c1)CC[C@@H]1[C@@H]2CC[C@]2(C)[C@@H](O)C(=O)C[C@@H]12. The number of Topliss-reactive ketones (excluding diaryl/α,β-unsaturated/α-hetero) is 1. The lowest BCUT2D eigenvalue weighted by molar-refractivity contribution is -0.128. The Morgan fingerprint density at radius 2 is 2.14 bits per heavy atom. The highest BCUT2D eigenvalue weighted by atomic mass is 16.5. The molecule has 0 unspecified atom stereocenters. The highest BCUT2D eigenvalue weighted by molar-refractivity contribution is 5.86. The molecular weight excluding hydrogens is 276 g/mol. The summed E-state index contributed by atoms with van der Waals surface area (Å²) in [5.74, 6) is 2.44. The topological polar surface area (TPSA) is 46.5 Å². The number of carbonyl (C=O) groups excluding carboxylic acids is 1. The summed E-state index contributed by atoms with van der Waals surface area (Å²) in [6.45, 7) is 2.13. The molecule has 2 fully saturated rings. The summed E-state index contributed by atoms with van der Waals surface area (Å²) in [7, 11) is 1.71. The maximum Gasteiger partial charge on any atom is 0.162 e. The maximum atomic E-state index is 12.1. The lowest BCUT2D eigenvalue weighted by Gasteiger charge is -2.49. The molecule has 0 aliphatic heterocycles. The van der Waals surface area contributed by atoms with E-state index in [-0.39, 0.29) is 11.2 Å². The van der Waals surface area contributed by atoms with Gasteiger partial charge in [0.1, 0.15) is 11.9 Å². The van der Waals surface area contributed by atoms with Crippen LogP contribution in [-0.4, -0.2) is 24.1 Å². The van der Waals surface area contributed by atoms with Gasteiger partial charge in [-0.3, -0.25) is 4.79 Å². The lowest BCUT2D eigenvalue weighted by atomic mass is 9.55. The molecule has 0 bridgehead atoms. The van der Waals surface area contributed by atoms with Crippen LogP contribution in [0.3, 0.4) is 0 Å². The van der Waals surface area contributed by atoms with Gasteiger partial charge in [-0.25, -0.2) is 0 Å². The molecule has 3 aliphatic carbocycles. The Kier molecular flexibility index (Phi) is 3.12. The number of benzene rings is 1. The van der Waals surface area contributed by atoms with Crippen LogP contribution in [0.25, 0.3) is 0 Å². The Labute approximate surface area is 131 Å². The van der Waals surface area contributed by atoms with Crippen LogP contribution in [0, 0.1) is 17.3 Å². The van der Waals surface area contributed by atoms with Crippen LogP contribution in [-0.2, 0) is 11.2 Å². The van der Waals surface area contributed by atoms with Crippen molar-refractivity contribution in [3.63, 3.8) is 0 Å². The minimum Gasteiger partial charge on any atom is -0.497 e. The van der Waals surface area contributed by atoms with Crippen molar-refractivity contribution in [2.45, 2.75) is 51.0 Å². The Balaban J connectivity index is 1.70. The fraction of sp³-hybridized carbons (Fsp3) is 0.632. The number of ketones is 1. The van der Waals surface area contributed by atoms with E-state index in [1.54, 1.807) is 7.11 Å². The van der Waals surface area contributed by atoms with E-state index in [0.29, 0.717) is 24.2 Å². The van der Waals surface area contributed by atoms with Crippen molar-refractivity contribution in [2.24, 2.45) is 17.3 Å². The normalized spacial score (nSPS) is 39.9. The molecule has 22 heavy (non-hydrogen) atoms. The van der Waals surface area contributed by atoms with Gasteiger partial charge in [0.2, 0.25) is 0 Å². The highest BCUT2D eigenvalue weighted by Gasteiger charge is 2.57. The van der Waals surface area contributed by atoms with E-state index < -0.39 is 6.10 Å². The van der Waals surface area contributed by atoms with Gasteiger partial charge in [0, 0.05) is 11.8 Å². The molecule has 118 valence electrons. The van der Waals surface area contributed by atoms with Crippen molar-refractivity contribution < 1.29 is 14.6 Å². The number of carbonyl (C=O) groups is 1. The number of methoxy groups -OCH3 is 1. The standard InChI is InChI=1S/C19H24O3/c1-19-8-7-14-13-6-4-12(22-2)9-11(13)3-5-15(14)16(19)10-17(20)18(19)21/h4,6,9,14-16,18,21H,3,5,7-8,10H2,1-2H3/t14-,15-,16+,18+,19+/m1/s1. The first-order chi connectivity index (χ1) is 10.5. The fourth-order valence-electron chi connectivity index (χ4n) is 5.45. The molecule has 0 amide bonds. The first-order valence-corrected chi connectivity index (χ1v) is 8.42. The van der Waals surface area contributed by atoms with E-state index >= 15 is 0 Å². The molecule has 0 spiro atoms. The van der Waals surface area contributed by atoms with Gasteiger partial charge >= 0.3 is 0 Å². The predicted molar refractivity (Wildman–Crippen MR) is 84.0 cm³/mol. The zero-order chi connectivity index (χ0) is 15.5. The zero-order valence-electron chi connectivity index (χ0n) is 13.3. The van der Waals surface area contributed by atoms with Gasteiger partial charge in [-0.15, -0.1) is 0 Å². The van der Waals surface area contributed by atoms with Gasteiger partial charge in [0.05, 0.1) is 7.11 Å². The van der Waals surface area contributed by atoms with Crippen LogP contribution < -0.4 is 4.74 Å². The van der Waals surface area contributed by atoms with Gasteiger partial charge in [-0.2, -0.15) is 0 Å². The minimum atomic E-state index is -0.740. The van der Waals surface area contributed by atoms with E-state index in [4.69, 9.17) is 4.74 Å². The van der Waals surface area contributed by atoms with Gasteiger partial charge < -0.3 is 9.84 Å². The van der Waals surface area contributed by atoms with Crippen LogP contribution in [0.15, 0.2) is 18.2 Å². The van der Waals surface area contributed by atoms with E-state index in [1.807, 2.05) is 0 Å². The second-order valence-corrected chi connectivity index (χ2v) is 7.60. The van der Waals surface area contributed by atoms with Crippen molar-refractivity contribution >= 4 is 5.78 Å². The summed E-state index contributed by atoms with van der Waals surface area (Å²) < 4.78 is 5.35. The van der Waals surface area contributed by atoms with Crippen molar-refractivity contribution in [2.75, 3.05) is 7.11 Å². The van der Waals surface area contributed by atoms with Crippen LogP contribution in [0.5, 0.6) is 5.75 Å². The first kappa shape index (κ1) is 14.3. The molecule has 1 N–H and O–H groups in total. The maximum absolute atomic E-state index is 12.1. The molecule has 0 radical (unpaired) electrons. The third-order valence-electron chi connectivity index (χ3n) is 6.72. The van der Waals surface area contributed by atoms with E-state index in [9.17, 15) is 9.90 Å². The lowest BCUT2D eigenvalue weighted by Crippen LogP contribution is -2.44. The number of aliphatic hydroxyl groups is 1. The number of rotatable bonds is 1. The van der Waals surface area contributed by atoms with Crippen molar-refractivity contribution in [1.29, 1.82) is 0 Å². The van der Waals surface area contributed by atoms with Crippen molar-refractivity contribution in [1.82, 2.24) is 0 Å². The number of aliphatic hydroxyl groups excluding tert-OH is 1. The molecule has 0 aromatic heterocycles. The smallest absolute Gasteiger partial charge is 0.162 e. The van der Waals surface area contributed by atoms with Crippen molar-refractivity contribution in [3.05, 3.63) is 29.3 Å². The molecule has 1 aromatic carbocycles. The molecule has 3 nitrogen and oxygen atoms in total. The largest absolute Gasteiger partial charge is 0.497 e. The molecule has 4 rings (SSSR count). The Morgan fingerprint density at radius 1 is 1.32 bits per heavy atom. The third kappa shape index (κ3) is 1.81. The molecule has 0 saturated heterocycles. The van der Waals surface area contributed by atoms with Crippen molar-refractivity contribution in [3.8, 4) is 5.75 Å². The summed E-state index contributed by atoms with van der Waals surface area (Å²) in [5, 5.41) is 10.3. The Bertz CT molecular complexity index is 623. The fourth-order valence-corrected chi connectivity index (χ4v) is 5.45. The third-order valence-corrected chi connectivity index (χ3v) is 6.72. The summed E-state index contributed by atoms with van der Waals surface area (Å²) in [6.07, 6.45) is 4.06. The van der Waals surface area contributed by atoms with Gasteiger partial charge in [-0.05, 0) is 66.7 Å². The minimum absolute atomic E-state index is 0.0636. The molecule has 5 atom stereocenters. The molecule has 3 aliphatic rings. The summed E-state index contributed by atoms with van der Waals surface area (Å²) in [6, 6.07) is 6.46. The summed E-state index contributed by atoms with van der Waals surface area (Å²) in [4.78, 5) is 12.1. The molecule has 0 heterocycles. The van der Waals surface area contributed by atoms with Gasteiger partial charge in [0.25, 0.3) is 0 Å². The highest BCUT2D eigenvalue weighted by Crippen LogP contribution is 2.60. The Morgan fingerprint density at radius 3 is 2.91 bits per heavy atom. The number of hydrogen-bond donors (Lipinski definition) is 1. The molecule has 1 aromatic rings. The second-order valence-electron chi connectivity index (χ2n) is 7.60. The monoisotopic (exact) mass is 300 g/mol. The quantitative estimate of drug-likeness (QED) is 0.867. The number of hydrogen-bond acceptors (Lipinski definition) is 3. The van der Waals surface area contributed by atoms with Gasteiger partial charge in [-0.1, -0.05) is 13.0 Å². The average molecular weight is 300 g/mol. The van der Waals surface area contributed by atoms with E-state index in [1.165, 1.54) is 11.1 Å². The summed E-state index contributed by atoms with van der Waals surface area (Å²) in [5.41, 5.74) is 2.67. The van der Waals surface area contributed by atoms with Crippen LogP contribution in [0.1, 0.15) is 49.7 Å². The Hall–Kier alpha value is -1.35. The van der Waals surface area contributed by atoms with Gasteiger partial charge in [0.15, 0.2) is 5.78 Å². The number of fused-ring (bicyclic) bond motifs is 5. The van der Waals surface area contributed by atoms with Crippen LogP contribution >= 0.6 is 0 Å². The molecular formula is C19H24O3. The van der Waals surface area contributed by atoms with E-state index in [2.05, 4.69) is 25.1 Å². The second kappa shape index (κ2) is 4.82. The predicted octanol–water partition coefficient (Wildman–Crippen LogP) is 3.09. The molecule has 2 saturated carbocycles. The number of aryl methyl sites for hydroxylation is 1. The van der Waals surface area contributed by atoms with E-state index in [0.717, 1.165) is 31.4 Å². The van der Waals surface area contributed by atoms with Crippen LogP contribution in [0.4, 0.5) is 0 Å². The zero-order valence-corrected chi connectivity index (χ0v) is 13.3.